The Morgan fingerprint density at radius 1 is 0.302 bits per heavy atom. The first kappa shape index (κ1) is 30.6. The van der Waals surface area contributed by atoms with Crippen LogP contribution in [0.2, 0.25) is 0 Å². The topological polar surface area (TPSA) is 51.8 Å². The van der Waals surface area contributed by atoms with Crippen LogP contribution >= 0.6 is 0 Å². The average molecular weight is 678 g/mol. The quantitative estimate of drug-likeness (QED) is 0.176. The molecule has 0 radical (unpaired) electrons. The molecule has 0 unspecified atom stereocenters. The molecule has 2 aromatic heterocycles. The Morgan fingerprint density at radius 3 is 1.58 bits per heavy atom. The standard InChI is InChI=1S/C49H31N3O/c1-3-13-32(14-4-1)35-19-9-21-37(29-35)41-24-12-26-44-46(41)43-28-27-39(31-45(43)53-44)48-50-47(38-22-10-20-36(30-38)33-15-5-2-6-16-33)51-49(52-48)42-25-11-18-34-17-7-8-23-40(34)42/h1-31H. The highest BCUT2D eigenvalue weighted by Gasteiger charge is 2.18. The fraction of sp³-hybridized carbons (Fsp3) is 0. The van der Waals surface area contributed by atoms with E-state index < -0.39 is 0 Å². The van der Waals surface area contributed by atoms with Crippen LogP contribution in [0.5, 0.6) is 0 Å². The van der Waals surface area contributed by atoms with Crippen molar-refractivity contribution in [1.29, 1.82) is 0 Å². The molecule has 0 bridgehead atoms. The summed E-state index contributed by atoms with van der Waals surface area (Å²) in [6.45, 7) is 0. The maximum Gasteiger partial charge on any atom is 0.164 e. The summed E-state index contributed by atoms with van der Waals surface area (Å²) in [5.74, 6) is 1.82. The van der Waals surface area contributed by atoms with Gasteiger partial charge in [-0.05, 0) is 74.5 Å². The lowest BCUT2D eigenvalue weighted by Crippen LogP contribution is -2.00. The van der Waals surface area contributed by atoms with Crippen molar-refractivity contribution in [3.63, 3.8) is 0 Å². The van der Waals surface area contributed by atoms with Gasteiger partial charge in [0, 0.05) is 27.5 Å². The van der Waals surface area contributed by atoms with E-state index in [-0.39, 0.29) is 0 Å². The normalized spacial score (nSPS) is 11.4. The fourth-order valence-corrected chi connectivity index (χ4v) is 7.35. The van der Waals surface area contributed by atoms with Crippen LogP contribution in [0.15, 0.2) is 192 Å². The van der Waals surface area contributed by atoms with E-state index in [1.807, 2.05) is 18.2 Å². The minimum atomic E-state index is 0.584. The zero-order valence-corrected chi connectivity index (χ0v) is 28.6. The lowest BCUT2D eigenvalue weighted by Gasteiger charge is -2.11. The fourth-order valence-electron chi connectivity index (χ4n) is 7.35. The second-order valence-corrected chi connectivity index (χ2v) is 13.2. The highest BCUT2D eigenvalue weighted by molar-refractivity contribution is 6.13. The van der Waals surface area contributed by atoms with Gasteiger partial charge >= 0.3 is 0 Å². The van der Waals surface area contributed by atoms with Gasteiger partial charge < -0.3 is 4.42 Å². The summed E-state index contributed by atoms with van der Waals surface area (Å²) >= 11 is 0. The monoisotopic (exact) mass is 677 g/mol. The molecule has 248 valence electrons. The molecule has 0 amide bonds. The first-order valence-electron chi connectivity index (χ1n) is 17.8. The lowest BCUT2D eigenvalue weighted by atomic mass is 9.96. The average Bonchev–Trinajstić information content (AvgIpc) is 3.62. The van der Waals surface area contributed by atoms with Gasteiger partial charge in [-0.25, -0.2) is 15.0 Å². The van der Waals surface area contributed by atoms with Crippen molar-refractivity contribution in [2.45, 2.75) is 0 Å². The van der Waals surface area contributed by atoms with E-state index in [0.29, 0.717) is 17.5 Å². The molecule has 53 heavy (non-hydrogen) atoms. The molecule has 0 saturated carbocycles. The zero-order chi connectivity index (χ0) is 35.1. The van der Waals surface area contributed by atoms with Gasteiger partial charge in [0.05, 0.1) is 0 Å². The Balaban J connectivity index is 1.13. The molecule has 0 N–H and O–H groups in total. The van der Waals surface area contributed by atoms with Crippen LogP contribution in [0, 0.1) is 0 Å². The molecule has 0 aliphatic rings. The second kappa shape index (κ2) is 12.9. The van der Waals surface area contributed by atoms with Gasteiger partial charge in [0.15, 0.2) is 17.5 Å². The van der Waals surface area contributed by atoms with E-state index in [2.05, 4.69) is 170 Å². The molecule has 0 aliphatic carbocycles. The first-order chi connectivity index (χ1) is 26.2. The number of aromatic nitrogens is 3. The minimum absolute atomic E-state index is 0.584. The molecule has 0 aliphatic heterocycles. The van der Waals surface area contributed by atoms with E-state index in [0.717, 1.165) is 71.7 Å². The van der Waals surface area contributed by atoms with Crippen molar-refractivity contribution >= 4 is 32.7 Å². The summed E-state index contributed by atoms with van der Waals surface area (Å²) in [4.78, 5) is 15.4. The third-order valence-corrected chi connectivity index (χ3v) is 9.93. The van der Waals surface area contributed by atoms with Gasteiger partial charge in [-0.15, -0.1) is 0 Å². The predicted molar refractivity (Wildman–Crippen MR) is 217 cm³/mol. The molecule has 8 aromatic carbocycles. The molecular weight excluding hydrogens is 647 g/mol. The molecule has 0 spiro atoms. The number of benzene rings is 8. The molecule has 4 nitrogen and oxygen atoms in total. The first-order valence-corrected chi connectivity index (χ1v) is 17.8. The second-order valence-electron chi connectivity index (χ2n) is 13.2. The Hall–Kier alpha value is -7.17. The summed E-state index contributed by atoms with van der Waals surface area (Å²) in [6, 6.07) is 65.2. The van der Waals surface area contributed by atoms with E-state index >= 15 is 0 Å². The highest BCUT2D eigenvalue weighted by Crippen LogP contribution is 2.39. The maximum atomic E-state index is 6.57. The summed E-state index contributed by atoms with van der Waals surface area (Å²) in [7, 11) is 0. The van der Waals surface area contributed by atoms with Crippen LogP contribution in [-0.2, 0) is 0 Å². The predicted octanol–water partition coefficient (Wildman–Crippen LogP) is 12.9. The largest absolute Gasteiger partial charge is 0.456 e. The van der Waals surface area contributed by atoms with E-state index in [1.54, 1.807) is 0 Å². The molecule has 0 fully saturated rings. The van der Waals surface area contributed by atoms with Gasteiger partial charge in [0.1, 0.15) is 11.2 Å². The molecular formula is C49H31N3O. The third kappa shape index (κ3) is 5.63. The number of hydrogen-bond donors (Lipinski definition) is 0. The van der Waals surface area contributed by atoms with Crippen LogP contribution in [0.4, 0.5) is 0 Å². The molecule has 0 saturated heterocycles. The van der Waals surface area contributed by atoms with Crippen LogP contribution in [0.3, 0.4) is 0 Å². The van der Waals surface area contributed by atoms with Crippen molar-refractivity contribution in [1.82, 2.24) is 15.0 Å². The SMILES string of the molecule is c1ccc(-c2cccc(-c3nc(-c4ccc5c(c4)oc4cccc(-c6cccc(-c7ccccc7)c6)c45)nc(-c4cccc5ccccc45)n3)c2)cc1. The molecule has 2 heterocycles. The molecule has 10 aromatic rings. The molecule has 10 rings (SSSR count). The highest BCUT2D eigenvalue weighted by atomic mass is 16.3. The van der Waals surface area contributed by atoms with Gasteiger partial charge in [-0.3, -0.25) is 0 Å². The zero-order valence-electron chi connectivity index (χ0n) is 28.6. The Bertz CT molecular complexity index is 2940. The third-order valence-electron chi connectivity index (χ3n) is 9.93. The summed E-state index contributed by atoms with van der Waals surface area (Å²) in [6.07, 6.45) is 0. The Morgan fingerprint density at radius 2 is 0.830 bits per heavy atom. The van der Waals surface area contributed by atoms with Crippen LogP contribution < -0.4 is 0 Å². The van der Waals surface area contributed by atoms with Crippen LogP contribution in [0.25, 0.3) is 100 Å². The number of hydrogen-bond acceptors (Lipinski definition) is 4. The lowest BCUT2D eigenvalue weighted by molar-refractivity contribution is 0.669. The van der Waals surface area contributed by atoms with Crippen molar-refractivity contribution < 1.29 is 4.42 Å². The number of fused-ring (bicyclic) bond motifs is 4. The van der Waals surface area contributed by atoms with Crippen molar-refractivity contribution in [2.24, 2.45) is 0 Å². The molecule has 0 atom stereocenters. The summed E-state index contributed by atoms with van der Waals surface area (Å²) in [5, 5.41) is 4.36. The summed E-state index contributed by atoms with van der Waals surface area (Å²) < 4.78 is 6.57. The van der Waals surface area contributed by atoms with Crippen LogP contribution in [-0.4, -0.2) is 15.0 Å². The number of furan rings is 1. The maximum absolute atomic E-state index is 6.57. The Labute approximate surface area is 306 Å². The number of rotatable bonds is 6. The van der Waals surface area contributed by atoms with Gasteiger partial charge in [-0.2, -0.15) is 0 Å². The van der Waals surface area contributed by atoms with E-state index in [9.17, 15) is 0 Å². The van der Waals surface area contributed by atoms with Gasteiger partial charge in [0.25, 0.3) is 0 Å². The van der Waals surface area contributed by atoms with Gasteiger partial charge in [0.2, 0.25) is 0 Å². The number of nitrogens with zero attached hydrogens (tertiary/aromatic N) is 3. The Kier molecular flexibility index (Phi) is 7.43. The van der Waals surface area contributed by atoms with Crippen molar-refractivity contribution in [3.05, 3.63) is 188 Å². The van der Waals surface area contributed by atoms with Crippen molar-refractivity contribution in [3.8, 4) is 67.5 Å². The molecule has 4 heteroatoms. The van der Waals surface area contributed by atoms with Gasteiger partial charge in [-0.1, -0.05) is 158 Å². The minimum Gasteiger partial charge on any atom is -0.456 e. The van der Waals surface area contributed by atoms with Crippen molar-refractivity contribution in [2.75, 3.05) is 0 Å². The van der Waals surface area contributed by atoms with E-state index in [1.165, 1.54) is 11.1 Å². The smallest absolute Gasteiger partial charge is 0.164 e. The van der Waals surface area contributed by atoms with Crippen LogP contribution in [0.1, 0.15) is 0 Å². The van der Waals surface area contributed by atoms with E-state index in [4.69, 9.17) is 19.4 Å². The summed E-state index contributed by atoms with van der Waals surface area (Å²) in [5.41, 5.74) is 11.2.